The molecule has 0 radical (unpaired) electrons. The van der Waals surface area contributed by atoms with Crippen LogP contribution in [0.4, 0.5) is 10.8 Å². The molecule has 1 aromatic heterocycles. The van der Waals surface area contributed by atoms with E-state index >= 15 is 0 Å². The molecule has 0 saturated carbocycles. The second-order valence-corrected chi connectivity index (χ2v) is 10.7. The van der Waals surface area contributed by atoms with Crippen LogP contribution in [0.1, 0.15) is 31.7 Å². The number of anilines is 2. The van der Waals surface area contributed by atoms with E-state index in [1.54, 1.807) is 11.3 Å². The topological polar surface area (TPSA) is 52.7 Å². The van der Waals surface area contributed by atoms with Gasteiger partial charge in [0.1, 0.15) is 0 Å². The number of nitrogens with zero attached hydrogens (tertiary/aromatic N) is 3. The van der Waals surface area contributed by atoms with Gasteiger partial charge in [-0.3, -0.25) is 10.4 Å². The van der Waals surface area contributed by atoms with Crippen molar-refractivity contribution < 1.29 is 4.28 Å². The fourth-order valence-electron chi connectivity index (χ4n) is 4.03. The number of nitrogens with one attached hydrogen (secondary N) is 2. The molecule has 1 aliphatic rings. The lowest BCUT2D eigenvalue weighted by Gasteiger charge is -2.32. The number of likely N-dealkylation sites (N-methyl/N-ethyl adjacent to an activating group) is 1. The van der Waals surface area contributed by atoms with Gasteiger partial charge in [-0.25, -0.2) is 4.98 Å². The Bertz CT molecular complexity index is 1020. The standard InChI is InChI=1S/C27H37N5OS2/c1-3-4-5-7-22-10-12-25(13-11-22)35-33-30-24-9-6-8-23(20-24)26-21-34-27(29-26)28-14-15-32-18-16-31(2)17-19-32/h6,8-13,20-21,30H,3-5,7,14-19H2,1-2H3,(H,28,29). The smallest absolute Gasteiger partial charge is 0.183 e. The molecule has 1 fully saturated rings. The Morgan fingerprint density at radius 2 is 1.89 bits per heavy atom. The van der Waals surface area contributed by atoms with Crippen LogP contribution in [-0.4, -0.2) is 61.1 Å². The number of thiazole rings is 1. The summed E-state index contributed by atoms with van der Waals surface area (Å²) < 4.78 is 5.69. The van der Waals surface area contributed by atoms with Gasteiger partial charge in [-0.05, 0) is 49.7 Å². The Labute approximate surface area is 218 Å². The van der Waals surface area contributed by atoms with Crippen molar-refractivity contribution in [1.82, 2.24) is 14.8 Å². The van der Waals surface area contributed by atoms with Crippen LogP contribution in [0.15, 0.2) is 58.8 Å². The van der Waals surface area contributed by atoms with Crippen LogP contribution in [0.5, 0.6) is 0 Å². The third-order valence-corrected chi connectivity index (χ3v) is 7.68. The molecule has 4 rings (SSSR count). The van der Waals surface area contributed by atoms with Crippen molar-refractivity contribution in [2.75, 3.05) is 57.1 Å². The molecule has 0 unspecified atom stereocenters. The molecular formula is C27H37N5OS2. The van der Waals surface area contributed by atoms with Gasteiger partial charge in [-0.1, -0.05) is 44.0 Å². The molecule has 0 atom stereocenters. The van der Waals surface area contributed by atoms with Crippen LogP contribution in [0, 0.1) is 0 Å². The van der Waals surface area contributed by atoms with E-state index in [9.17, 15) is 0 Å². The number of unbranched alkanes of at least 4 members (excludes halogenated alkanes) is 2. The zero-order chi connectivity index (χ0) is 24.3. The van der Waals surface area contributed by atoms with E-state index in [4.69, 9.17) is 9.27 Å². The average molecular weight is 512 g/mol. The fourth-order valence-corrected chi connectivity index (χ4v) is 5.26. The molecule has 0 spiro atoms. The Morgan fingerprint density at radius 3 is 2.69 bits per heavy atom. The van der Waals surface area contributed by atoms with E-state index in [2.05, 4.69) is 76.3 Å². The third kappa shape index (κ3) is 8.51. The maximum absolute atomic E-state index is 5.69. The summed E-state index contributed by atoms with van der Waals surface area (Å²) in [5.41, 5.74) is 7.40. The van der Waals surface area contributed by atoms with Crippen molar-refractivity contribution in [1.29, 1.82) is 0 Å². The van der Waals surface area contributed by atoms with Crippen molar-refractivity contribution >= 4 is 34.2 Å². The van der Waals surface area contributed by atoms with Crippen LogP contribution >= 0.6 is 23.4 Å². The Balaban J connectivity index is 1.21. The predicted molar refractivity (Wildman–Crippen MR) is 150 cm³/mol. The molecular weight excluding hydrogens is 474 g/mol. The predicted octanol–water partition coefficient (Wildman–Crippen LogP) is 6.25. The normalized spacial score (nSPS) is 14.8. The fraction of sp³-hybridized carbons (Fsp3) is 0.444. The summed E-state index contributed by atoms with van der Waals surface area (Å²) in [7, 11) is 2.19. The van der Waals surface area contributed by atoms with Gasteiger partial charge in [0, 0.05) is 55.1 Å². The van der Waals surface area contributed by atoms with Crippen molar-refractivity contribution in [3.05, 3.63) is 59.5 Å². The zero-order valence-electron chi connectivity index (χ0n) is 20.8. The maximum atomic E-state index is 5.69. The molecule has 0 aliphatic carbocycles. The summed E-state index contributed by atoms with van der Waals surface area (Å²) in [6.07, 6.45) is 4.95. The average Bonchev–Trinajstić information content (AvgIpc) is 3.36. The van der Waals surface area contributed by atoms with Crippen molar-refractivity contribution in [3.63, 3.8) is 0 Å². The van der Waals surface area contributed by atoms with Gasteiger partial charge in [-0.2, -0.15) is 4.28 Å². The minimum atomic E-state index is 0.906. The molecule has 188 valence electrons. The SMILES string of the molecule is CCCCCc1ccc(SONc2cccc(-c3csc(NCCN4CCN(C)CC4)n3)c2)cc1. The first kappa shape index (κ1) is 26.0. The van der Waals surface area contributed by atoms with Gasteiger partial charge in [-0.15, -0.1) is 11.3 Å². The van der Waals surface area contributed by atoms with Crippen LogP contribution in [0.3, 0.4) is 0 Å². The third-order valence-electron chi connectivity index (χ3n) is 6.25. The molecule has 2 heterocycles. The van der Waals surface area contributed by atoms with Crippen molar-refractivity contribution in [3.8, 4) is 11.3 Å². The quantitative estimate of drug-likeness (QED) is 0.160. The van der Waals surface area contributed by atoms with Gasteiger partial charge in [0.15, 0.2) is 5.13 Å². The van der Waals surface area contributed by atoms with Crippen LogP contribution in [0.2, 0.25) is 0 Å². The maximum Gasteiger partial charge on any atom is 0.183 e. The van der Waals surface area contributed by atoms with E-state index in [1.807, 2.05) is 12.1 Å². The number of piperazine rings is 1. The molecule has 2 N–H and O–H groups in total. The Morgan fingerprint density at radius 1 is 1.06 bits per heavy atom. The lowest BCUT2D eigenvalue weighted by Crippen LogP contribution is -2.45. The largest absolute Gasteiger partial charge is 0.360 e. The highest BCUT2D eigenvalue weighted by molar-refractivity contribution is 7.94. The van der Waals surface area contributed by atoms with E-state index in [-0.39, 0.29) is 0 Å². The van der Waals surface area contributed by atoms with Crippen LogP contribution in [-0.2, 0) is 10.7 Å². The summed E-state index contributed by atoms with van der Waals surface area (Å²) in [5.74, 6) is 0. The summed E-state index contributed by atoms with van der Waals surface area (Å²) >= 11 is 2.99. The number of rotatable bonds is 13. The lowest BCUT2D eigenvalue weighted by molar-refractivity contribution is 0.158. The second-order valence-electron chi connectivity index (χ2n) is 9.06. The highest BCUT2D eigenvalue weighted by Crippen LogP contribution is 2.28. The second kappa shape index (κ2) is 13.8. The first-order chi connectivity index (χ1) is 17.2. The number of aromatic nitrogens is 1. The molecule has 0 amide bonds. The summed E-state index contributed by atoms with van der Waals surface area (Å²) in [6.45, 7) is 8.81. The van der Waals surface area contributed by atoms with Gasteiger partial charge >= 0.3 is 0 Å². The van der Waals surface area contributed by atoms with Gasteiger partial charge in [0.25, 0.3) is 0 Å². The van der Waals surface area contributed by atoms with Crippen molar-refractivity contribution in [2.24, 2.45) is 0 Å². The number of hydrogen-bond donors (Lipinski definition) is 2. The highest BCUT2D eigenvalue weighted by Gasteiger charge is 2.13. The van der Waals surface area contributed by atoms with Gasteiger partial charge < -0.3 is 10.2 Å². The molecule has 1 saturated heterocycles. The molecule has 0 bridgehead atoms. The molecule has 1 aliphatic heterocycles. The first-order valence-electron chi connectivity index (χ1n) is 12.6. The van der Waals surface area contributed by atoms with E-state index in [0.717, 1.165) is 72.7 Å². The summed E-state index contributed by atoms with van der Waals surface area (Å²) in [4.78, 5) is 10.8. The van der Waals surface area contributed by atoms with Crippen LogP contribution in [0.25, 0.3) is 11.3 Å². The van der Waals surface area contributed by atoms with Gasteiger partial charge in [0.2, 0.25) is 0 Å². The Kier molecular flexibility index (Phi) is 10.3. The highest BCUT2D eigenvalue weighted by atomic mass is 32.2. The molecule has 35 heavy (non-hydrogen) atoms. The monoisotopic (exact) mass is 511 g/mol. The molecule has 3 aromatic rings. The Hall–Kier alpha value is -2.10. The summed E-state index contributed by atoms with van der Waals surface area (Å²) in [6, 6.07) is 16.8. The minimum absolute atomic E-state index is 0.906. The van der Waals surface area contributed by atoms with Crippen LogP contribution < -0.4 is 10.8 Å². The zero-order valence-corrected chi connectivity index (χ0v) is 22.5. The lowest BCUT2D eigenvalue weighted by atomic mass is 10.1. The van der Waals surface area contributed by atoms with Gasteiger partial charge in [0.05, 0.1) is 23.4 Å². The molecule has 2 aromatic carbocycles. The first-order valence-corrected chi connectivity index (χ1v) is 14.2. The number of aryl methyl sites for hydroxylation is 1. The van der Waals surface area contributed by atoms with Crippen molar-refractivity contribution in [2.45, 2.75) is 37.5 Å². The minimum Gasteiger partial charge on any atom is -0.360 e. The van der Waals surface area contributed by atoms with E-state index in [0.29, 0.717) is 0 Å². The number of hydrogen-bond acceptors (Lipinski definition) is 8. The molecule has 8 heteroatoms. The molecule has 6 nitrogen and oxygen atoms in total. The summed E-state index contributed by atoms with van der Waals surface area (Å²) in [5, 5.41) is 6.56. The van der Waals surface area contributed by atoms with E-state index < -0.39 is 0 Å². The number of benzene rings is 2. The van der Waals surface area contributed by atoms with E-state index in [1.165, 1.54) is 36.9 Å².